The van der Waals surface area contributed by atoms with Crippen molar-refractivity contribution in [2.75, 3.05) is 38.9 Å². The zero-order valence-electron chi connectivity index (χ0n) is 32.5. The van der Waals surface area contributed by atoms with Crippen LogP contribution in [0.2, 0.25) is 5.02 Å². The molecule has 1 N–H and O–H groups in total. The molecule has 0 radical (unpaired) electrons. The van der Waals surface area contributed by atoms with E-state index >= 15 is 0 Å². The van der Waals surface area contributed by atoms with Gasteiger partial charge in [-0.15, -0.1) is 0 Å². The number of nitrogens with zero attached hydrogens (tertiary/aromatic N) is 2. The van der Waals surface area contributed by atoms with Crippen molar-refractivity contribution < 1.29 is 55.5 Å². The van der Waals surface area contributed by atoms with E-state index in [1.54, 1.807) is 18.3 Å². The Labute approximate surface area is 335 Å². The highest BCUT2D eigenvalue weighted by molar-refractivity contribution is 7.47. The van der Waals surface area contributed by atoms with E-state index in [0.29, 0.717) is 30.3 Å². The highest BCUT2D eigenvalue weighted by atomic mass is 35.5. The van der Waals surface area contributed by atoms with Crippen LogP contribution in [0.5, 0.6) is 11.5 Å². The van der Waals surface area contributed by atoms with E-state index < -0.39 is 36.8 Å². The molecule has 11 nitrogen and oxygen atoms in total. The average Bonchev–Trinajstić information content (AvgIpc) is 3.45. The van der Waals surface area contributed by atoms with Crippen molar-refractivity contribution in [1.82, 2.24) is 4.98 Å². The molecule has 57 heavy (non-hydrogen) atoms. The number of phosphoric ester groups is 1. The molecule has 1 unspecified atom stereocenters. The molecule has 1 spiro atoms. The summed E-state index contributed by atoms with van der Waals surface area (Å²) in [6.07, 6.45) is 0.724. The van der Waals surface area contributed by atoms with E-state index in [1.807, 2.05) is 12.1 Å². The summed E-state index contributed by atoms with van der Waals surface area (Å²) in [5.74, 6) is -2.04. The Bertz CT molecular complexity index is 1990. The van der Waals surface area contributed by atoms with Crippen LogP contribution in [0.25, 0.3) is 0 Å². The minimum absolute atomic E-state index is 0.0218. The second-order valence-electron chi connectivity index (χ2n) is 15.5. The Kier molecular flexibility index (Phi) is 13.0. The van der Waals surface area contributed by atoms with Gasteiger partial charge in [-0.25, -0.2) is 9.36 Å². The van der Waals surface area contributed by atoms with Crippen molar-refractivity contribution in [3.63, 3.8) is 0 Å². The topological polar surface area (TPSA) is 134 Å². The van der Waals surface area contributed by atoms with Crippen LogP contribution in [0.3, 0.4) is 0 Å². The molecule has 2 aromatic carbocycles. The smallest absolute Gasteiger partial charge is 0.493 e. The molecular weight excluding hydrogens is 788 g/mol. The van der Waals surface area contributed by atoms with E-state index in [9.17, 15) is 32.2 Å². The fraction of sp³-hybridized carbons (Fsp3) is 0.537. The zero-order chi connectivity index (χ0) is 41.2. The molecule has 16 heteroatoms. The van der Waals surface area contributed by atoms with Gasteiger partial charge >= 0.3 is 25.9 Å². The van der Waals surface area contributed by atoms with Crippen LogP contribution in [0.15, 0.2) is 54.7 Å². The number of benzene rings is 2. The highest BCUT2D eigenvalue weighted by Crippen LogP contribution is 2.58. The number of methoxy groups -OCH3 is 2. The number of esters is 1. The van der Waals surface area contributed by atoms with Gasteiger partial charge in [-0.3, -0.25) is 24.1 Å². The number of carbonyl (C=O) groups excluding carboxylic acids is 2. The van der Waals surface area contributed by atoms with Gasteiger partial charge in [0.15, 0.2) is 0 Å². The molecule has 310 valence electrons. The summed E-state index contributed by atoms with van der Waals surface area (Å²) in [5.41, 5.74) is 0.991. The summed E-state index contributed by atoms with van der Waals surface area (Å²) in [6, 6.07) is 12.4. The zero-order valence-corrected chi connectivity index (χ0v) is 34.1. The number of hydrogen-bond donors (Lipinski definition) is 1. The first-order chi connectivity index (χ1) is 27.0. The monoisotopic (exact) mass is 836 g/mol. The number of pyridine rings is 1. The molecule has 1 amide bonds. The quantitative estimate of drug-likeness (QED) is 0.0954. The number of amides is 1. The molecule has 4 atom stereocenters. The van der Waals surface area contributed by atoms with Crippen LogP contribution in [-0.2, 0) is 46.4 Å². The number of ether oxygens (including phenoxy) is 3. The number of aryl methyl sites for hydroxylation is 1. The molecular formula is C41H49ClF3N2O9P. The maximum Gasteiger partial charge on any atom is 0.527 e. The Hall–Kier alpha value is -3.68. The highest BCUT2D eigenvalue weighted by Gasteiger charge is 2.60. The fourth-order valence-electron chi connectivity index (χ4n) is 9.29. The van der Waals surface area contributed by atoms with Crippen molar-refractivity contribution in [3.8, 4) is 11.5 Å². The molecule has 1 fully saturated rings. The Morgan fingerprint density at radius 3 is 2.53 bits per heavy atom. The van der Waals surface area contributed by atoms with Crippen molar-refractivity contribution in [2.45, 2.75) is 94.7 Å². The maximum atomic E-state index is 14.4. The summed E-state index contributed by atoms with van der Waals surface area (Å²) in [5, 5.41) is 0.0856. The summed E-state index contributed by atoms with van der Waals surface area (Å²) in [7, 11) is -2.04. The van der Waals surface area contributed by atoms with Crippen LogP contribution in [0.4, 0.5) is 18.9 Å². The number of halogens is 4. The molecule has 0 aliphatic heterocycles. The Balaban J connectivity index is 1.35. The third-order valence-corrected chi connectivity index (χ3v) is 13.1. The van der Waals surface area contributed by atoms with E-state index in [2.05, 4.69) is 18.8 Å². The first-order valence-electron chi connectivity index (χ1n) is 19.2. The van der Waals surface area contributed by atoms with Gasteiger partial charge in [0.1, 0.15) is 17.0 Å². The number of aromatic nitrogens is 1. The standard InChI is InChI=1S/C41H49ClF3N2O9P/c1-26(25-54-35-13-18-46-34-10-5-7-27(2)36(34)35)21-29-22-28-11-12-32(56-57(50,51)55-20-19-52-3)24-33(28)39(29)14-16-40(17-15-39,38(49)53-4)47(37(48)41(43,44)45)31-9-6-8-30(42)23-31/h6,8-9,11-13,18,23-24,26-27,29H,5,7,10,14-17,19-22,25H2,1-4H3,(H,50,51)/t26-,27-,29+,39?,40?/m1/s1. The van der Waals surface area contributed by atoms with Crippen molar-refractivity contribution in [2.24, 2.45) is 11.8 Å². The van der Waals surface area contributed by atoms with E-state index in [4.69, 9.17) is 34.9 Å². The van der Waals surface area contributed by atoms with Gasteiger partial charge in [0.25, 0.3) is 0 Å². The average molecular weight is 837 g/mol. The predicted molar refractivity (Wildman–Crippen MR) is 207 cm³/mol. The number of anilines is 1. The molecule has 0 bridgehead atoms. The van der Waals surface area contributed by atoms with Gasteiger partial charge in [0.05, 0.1) is 26.9 Å². The van der Waals surface area contributed by atoms with Crippen molar-refractivity contribution in [1.29, 1.82) is 0 Å². The Morgan fingerprint density at radius 1 is 1.09 bits per heavy atom. The first-order valence-corrected chi connectivity index (χ1v) is 21.1. The van der Waals surface area contributed by atoms with Gasteiger partial charge in [0, 0.05) is 35.3 Å². The molecule has 3 aliphatic carbocycles. The molecule has 1 heterocycles. The summed E-state index contributed by atoms with van der Waals surface area (Å²) in [4.78, 5) is 42.8. The second-order valence-corrected chi connectivity index (χ2v) is 17.3. The lowest BCUT2D eigenvalue weighted by atomic mass is 9.59. The fourth-order valence-corrected chi connectivity index (χ4v) is 10.2. The molecule has 6 rings (SSSR count). The first kappa shape index (κ1) is 42.9. The number of hydrogen-bond acceptors (Lipinski definition) is 9. The number of alkyl halides is 3. The van der Waals surface area contributed by atoms with Gasteiger partial charge in [-0.1, -0.05) is 37.6 Å². The second kappa shape index (κ2) is 17.3. The molecule has 0 saturated heterocycles. The minimum atomic E-state index is -5.32. The summed E-state index contributed by atoms with van der Waals surface area (Å²) < 4.78 is 83.2. The van der Waals surface area contributed by atoms with Gasteiger partial charge in [-0.05, 0) is 128 Å². The lowest BCUT2D eigenvalue weighted by Crippen LogP contribution is -2.63. The number of phosphoric acid groups is 1. The van der Waals surface area contributed by atoms with Gasteiger partial charge in [-0.2, -0.15) is 13.2 Å². The summed E-state index contributed by atoms with van der Waals surface area (Å²) in [6.45, 7) is 4.56. The lowest BCUT2D eigenvalue weighted by molar-refractivity contribution is -0.174. The predicted octanol–water partition coefficient (Wildman–Crippen LogP) is 8.91. The lowest BCUT2D eigenvalue weighted by Gasteiger charge is -2.51. The molecule has 3 aromatic rings. The minimum Gasteiger partial charge on any atom is -0.493 e. The van der Waals surface area contributed by atoms with Crippen LogP contribution in [-0.4, -0.2) is 67.5 Å². The molecule has 3 aliphatic rings. The van der Waals surface area contributed by atoms with Crippen LogP contribution < -0.4 is 14.2 Å². The third kappa shape index (κ3) is 9.00. The van der Waals surface area contributed by atoms with Gasteiger partial charge in [0.2, 0.25) is 0 Å². The Morgan fingerprint density at radius 2 is 1.84 bits per heavy atom. The normalized spacial score (nSPS) is 24.5. The van der Waals surface area contributed by atoms with Crippen molar-refractivity contribution >= 4 is 37.0 Å². The van der Waals surface area contributed by atoms with E-state index in [1.165, 1.54) is 31.4 Å². The van der Waals surface area contributed by atoms with E-state index in [0.717, 1.165) is 54.5 Å². The number of fused-ring (bicyclic) bond motifs is 3. The third-order valence-electron chi connectivity index (χ3n) is 11.9. The maximum absolute atomic E-state index is 14.4. The number of rotatable bonds is 14. The molecule has 1 saturated carbocycles. The van der Waals surface area contributed by atoms with E-state index in [-0.39, 0.29) is 67.2 Å². The molecule has 1 aromatic heterocycles. The van der Waals surface area contributed by atoms with Crippen LogP contribution in [0, 0.1) is 11.8 Å². The van der Waals surface area contributed by atoms with Crippen molar-refractivity contribution in [3.05, 3.63) is 82.1 Å². The van der Waals surface area contributed by atoms with Gasteiger partial charge < -0.3 is 18.7 Å². The van der Waals surface area contributed by atoms with Crippen LogP contribution in [0.1, 0.15) is 87.1 Å². The SMILES string of the molecule is COCCOP(=O)(O)Oc1ccc2c(c1)C1(CCC(C(=O)OC)(N(C(=O)C(F)(F)F)c3cccc(Cl)c3)CC1)[C@@H](C[C@@H](C)COc1ccnc3c1[C@H](C)CCC3)C2. The summed E-state index contributed by atoms with van der Waals surface area (Å²) >= 11 is 6.22. The number of carbonyl (C=O) groups is 2. The largest absolute Gasteiger partial charge is 0.527 e. The van der Waals surface area contributed by atoms with Crippen LogP contribution >= 0.6 is 19.4 Å².